The summed E-state index contributed by atoms with van der Waals surface area (Å²) in [5.74, 6) is -3.71. The fourth-order valence-corrected chi connectivity index (χ4v) is 5.63. The highest BCUT2D eigenvalue weighted by Crippen LogP contribution is 2.44. The highest BCUT2D eigenvalue weighted by molar-refractivity contribution is 8.03. The molecule has 0 saturated heterocycles. The van der Waals surface area contributed by atoms with Crippen LogP contribution in [0.1, 0.15) is 46.1 Å². The van der Waals surface area contributed by atoms with Gasteiger partial charge in [-0.25, -0.2) is 0 Å². The van der Waals surface area contributed by atoms with Crippen molar-refractivity contribution in [2.75, 3.05) is 19.5 Å². The third-order valence-corrected chi connectivity index (χ3v) is 6.96. The number of allylic oxidation sites excluding steroid dienone is 1. The quantitative estimate of drug-likeness (QED) is 0.361. The summed E-state index contributed by atoms with van der Waals surface area (Å²) in [5, 5.41) is 13.2. The molecule has 8 nitrogen and oxygen atoms in total. The monoisotopic (exact) mass is 541 g/mol. The number of carbonyl (C=O) groups is 3. The molecule has 0 aromatic heterocycles. The van der Waals surface area contributed by atoms with Crippen LogP contribution in [0.2, 0.25) is 10.0 Å². The van der Waals surface area contributed by atoms with Crippen molar-refractivity contribution < 1.29 is 23.9 Å². The Morgan fingerprint density at radius 1 is 1.20 bits per heavy atom. The summed E-state index contributed by atoms with van der Waals surface area (Å²) < 4.78 is 10.3. The van der Waals surface area contributed by atoms with E-state index < -0.39 is 23.7 Å². The molecule has 0 bridgehead atoms. The fraction of sp³-hybridized carbons (Fsp3) is 0.500. The van der Waals surface area contributed by atoms with Crippen LogP contribution in [0.15, 0.2) is 22.7 Å². The van der Waals surface area contributed by atoms with Gasteiger partial charge in [0.25, 0.3) is 0 Å². The standard InChI is InChI=1S/C24H29Cl2N3O5S/c1-7-34-21-16(25)8-14(9-17(21)26)19-15(10-27)23(28-22(31)20(19)24(32)33-6)35-11-18(30)29(12(2)3)13(4)5/h8-9,12-13,19-20H,7,11H2,1-6H3,(H,28,31)/t19-,20+/m0/s1. The van der Waals surface area contributed by atoms with Crippen molar-refractivity contribution in [2.45, 2.75) is 52.6 Å². The second-order valence-electron chi connectivity index (χ2n) is 8.35. The topological polar surface area (TPSA) is 109 Å². The maximum Gasteiger partial charge on any atom is 0.319 e. The first-order chi connectivity index (χ1) is 16.5. The number of hydrogen-bond donors (Lipinski definition) is 1. The molecular formula is C24H29Cl2N3O5S. The number of nitrogens with one attached hydrogen (secondary N) is 1. The summed E-state index contributed by atoms with van der Waals surface area (Å²) in [6.45, 7) is 9.78. The maximum absolute atomic E-state index is 13.0. The van der Waals surface area contributed by atoms with Gasteiger partial charge in [0.2, 0.25) is 11.8 Å². The van der Waals surface area contributed by atoms with E-state index in [1.807, 2.05) is 27.7 Å². The molecule has 11 heteroatoms. The van der Waals surface area contributed by atoms with Crippen LogP contribution in [0, 0.1) is 17.2 Å². The van der Waals surface area contributed by atoms with Crippen LogP contribution in [0.25, 0.3) is 0 Å². The first-order valence-corrected chi connectivity index (χ1v) is 12.8. The van der Waals surface area contributed by atoms with Crippen LogP contribution >= 0.6 is 35.0 Å². The van der Waals surface area contributed by atoms with E-state index in [0.717, 1.165) is 18.9 Å². The van der Waals surface area contributed by atoms with Crippen molar-refractivity contribution in [1.29, 1.82) is 5.26 Å². The largest absolute Gasteiger partial charge is 0.491 e. The van der Waals surface area contributed by atoms with Crippen LogP contribution in [0.3, 0.4) is 0 Å². The average molecular weight is 542 g/mol. The smallest absolute Gasteiger partial charge is 0.319 e. The van der Waals surface area contributed by atoms with Crippen molar-refractivity contribution >= 4 is 52.7 Å². The Bertz CT molecular complexity index is 1040. The van der Waals surface area contributed by atoms with Crippen molar-refractivity contribution in [3.05, 3.63) is 38.3 Å². The lowest BCUT2D eigenvalue weighted by molar-refractivity contribution is -0.150. The number of nitriles is 1. The summed E-state index contributed by atoms with van der Waals surface area (Å²) in [6.07, 6.45) is 0. The van der Waals surface area contributed by atoms with Crippen LogP contribution in [0.5, 0.6) is 5.75 Å². The molecular weight excluding hydrogens is 513 g/mol. The molecule has 1 N–H and O–H groups in total. The Balaban J connectivity index is 2.56. The van der Waals surface area contributed by atoms with E-state index in [9.17, 15) is 19.6 Å². The number of halogens is 2. The molecule has 2 amide bonds. The van der Waals surface area contributed by atoms with Gasteiger partial charge in [-0.3, -0.25) is 14.4 Å². The molecule has 1 aromatic rings. The van der Waals surface area contributed by atoms with E-state index in [0.29, 0.717) is 12.2 Å². The molecule has 1 aliphatic heterocycles. The highest BCUT2D eigenvalue weighted by atomic mass is 35.5. The molecule has 0 spiro atoms. The van der Waals surface area contributed by atoms with Crippen molar-refractivity contribution in [2.24, 2.45) is 5.92 Å². The molecule has 0 aliphatic carbocycles. The van der Waals surface area contributed by atoms with Gasteiger partial charge < -0.3 is 19.7 Å². The lowest BCUT2D eigenvalue weighted by atomic mass is 9.78. The van der Waals surface area contributed by atoms with Crippen molar-refractivity contribution in [3.8, 4) is 11.8 Å². The summed E-state index contributed by atoms with van der Waals surface area (Å²) in [4.78, 5) is 40.2. The zero-order valence-electron chi connectivity index (χ0n) is 20.5. The number of thioether (sulfide) groups is 1. The molecule has 0 fully saturated rings. The molecule has 0 unspecified atom stereocenters. The number of ether oxygens (including phenoxy) is 2. The summed E-state index contributed by atoms with van der Waals surface area (Å²) in [7, 11) is 1.16. The number of amides is 2. The summed E-state index contributed by atoms with van der Waals surface area (Å²) in [5.41, 5.74) is 0.482. The number of methoxy groups -OCH3 is 1. The van der Waals surface area contributed by atoms with E-state index in [2.05, 4.69) is 11.4 Å². The van der Waals surface area contributed by atoms with Crippen LogP contribution in [-0.2, 0) is 19.1 Å². The minimum atomic E-state index is -1.34. The van der Waals surface area contributed by atoms with Crippen LogP contribution in [0.4, 0.5) is 0 Å². The Hall–Kier alpha value is -2.41. The highest BCUT2D eigenvalue weighted by Gasteiger charge is 2.45. The lowest BCUT2D eigenvalue weighted by Crippen LogP contribution is -2.45. The predicted molar refractivity (Wildman–Crippen MR) is 136 cm³/mol. The number of hydrogen-bond acceptors (Lipinski definition) is 7. The number of nitrogens with zero attached hydrogens (tertiary/aromatic N) is 2. The van der Waals surface area contributed by atoms with Gasteiger partial charge >= 0.3 is 5.97 Å². The Labute approximate surface area is 219 Å². The van der Waals surface area contributed by atoms with E-state index >= 15 is 0 Å². The van der Waals surface area contributed by atoms with Gasteiger partial charge in [0.1, 0.15) is 5.92 Å². The van der Waals surface area contributed by atoms with Gasteiger partial charge in [0, 0.05) is 18.0 Å². The predicted octanol–water partition coefficient (Wildman–Crippen LogP) is 4.51. The van der Waals surface area contributed by atoms with E-state index in [1.54, 1.807) is 11.8 Å². The molecule has 0 saturated carbocycles. The zero-order valence-corrected chi connectivity index (χ0v) is 22.8. The Morgan fingerprint density at radius 2 is 1.77 bits per heavy atom. The Morgan fingerprint density at radius 3 is 2.23 bits per heavy atom. The number of esters is 1. The van der Waals surface area contributed by atoms with Gasteiger partial charge in [-0.05, 0) is 52.3 Å². The van der Waals surface area contributed by atoms with E-state index in [1.165, 1.54) is 12.1 Å². The van der Waals surface area contributed by atoms with Crippen LogP contribution in [-0.4, -0.2) is 54.2 Å². The minimum absolute atomic E-state index is 0.00243. The fourth-order valence-electron chi connectivity index (χ4n) is 4.10. The number of benzene rings is 1. The van der Waals surface area contributed by atoms with Gasteiger partial charge in [0.05, 0.1) is 46.2 Å². The molecule has 1 heterocycles. The molecule has 2 rings (SSSR count). The SMILES string of the molecule is CCOc1c(Cl)cc([C@H]2C(C#N)=C(SCC(=O)N(C(C)C)C(C)C)NC(=O)[C@@H]2C(=O)OC)cc1Cl. The van der Waals surface area contributed by atoms with Crippen molar-refractivity contribution in [1.82, 2.24) is 10.2 Å². The van der Waals surface area contributed by atoms with Crippen molar-refractivity contribution in [3.63, 3.8) is 0 Å². The Kier molecular flexibility index (Phi) is 10.3. The summed E-state index contributed by atoms with van der Waals surface area (Å²) >= 11 is 13.8. The van der Waals surface area contributed by atoms with Crippen LogP contribution < -0.4 is 10.1 Å². The number of carbonyl (C=O) groups excluding carboxylic acids is 3. The molecule has 1 aliphatic rings. The molecule has 2 atom stereocenters. The van der Waals surface area contributed by atoms with Gasteiger partial charge in [0.15, 0.2) is 5.75 Å². The van der Waals surface area contributed by atoms with Gasteiger partial charge in [-0.2, -0.15) is 5.26 Å². The van der Waals surface area contributed by atoms with E-state index in [-0.39, 0.29) is 50.1 Å². The molecule has 190 valence electrons. The lowest BCUT2D eigenvalue weighted by Gasteiger charge is -2.33. The van der Waals surface area contributed by atoms with Gasteiger partial charge in [-0.15, -0.1) is 0 Å². The first-order valence-electron chi connectivity index (χ1n) is 11.1. The summed E-state index contributed by atoms with van der Waals surface area (Å²) in [6, 6.07) is 5.10. The number of rotatable bonds is 9. The second-order valence-corrected chi connectivity index (χ2v) is 10.1. The van der Waals surface area contributed by atoms with Gasteiger partial charge in [-0.1, -0.05) is 35.0 Å². The maximum atomic E-state index is 13.0. The molecule has 35 heavy (non-hydrogen) atoms. The average Bonchev–Trinajstić information content (AvgIpc) is 2.78. The molecule has 1 aromatic carbocycles. The second kappa shape index (κ2) is 12.5. The third-order valence-electron chi connectivity index (χ3n) is 5.39. The first kappa shape index (κ1) is 28.8. The zero-order chi connectivity index (χ0) is 26.4. The normalized spacial score (nSPS) is 17.8. The molecule has 0 radical (unpaired) electrons. The van der Waals surface area contributed by atoms with E-state index in [4.69, 9.17) is 32.7 Å². The third kappa shape index (κ3) is 6.43. The minimum Gasteiger partial charge on any atom is -0.491 e.